The second kappa shape index (κ2) is 8.97. The number of esters is 1. The SMILES string of the molecule is CC1(C)[C@H](C=C(F)C(F)(F)F)[C@H]1C(=O)OCc1c(F)c(F)c(CC(Cl)=CCl)c(F)c1F. The molecule has 0 radical (unpaired) electrons. The fraction of sp³-hybridized carbons (Fsp3) is 0.421. The highest BCUT2D eigenvalue weighted by atomic mass is 35.5. The summed E-state index contributed by atoms with van der Waals surface area (Å²) in [7, 11) is 0. The minimum Gasteiger partial charge on any atom is -0.460 e. The largest absolute Gasteiger partial charge is 0.460 e. The van der Waals surface area contributed by atoms with Crippen molar-refractivity contribution >= 4 is 29.2 Å². The van der Waals surface area contributed by atoms with Crippen molar-refractivity contribution in [3.05, 3.63) is 56.9 Å². The van der Waals surface area contributed by atoms with E-state index in [-0.39, 0.29) is 11.1 Å². The Morgan fingerprint density at radius 1 is 1.06 bits per heavy atom. The summed E-state index contributed by atoms with van der Waals surface area (Å²) in [5.41, 5.74) is -2.68. The summed E-state index contributed by atoms with van der Waals surface area (Å²) in [6.45, 7) is 1.47. The summed E-state index contributed by atoms with van der Waals surface area (Å²) >= 11 is 10.8. The predicted octanol–water partition coefficient (Wildman–Crippen LogP) is 6.84. The summed E-state index contributed by atoms with van der Waals surface area (Å²) in [6.07, 6.45) is -5.77. The maximum absolute atomic E-state index is 14.2. The molecule has 172 valence electrons. The van der Waals surface area contributed by atoms with Gasteiger partial charge in [-0.1, -0.05) is 37.0 Å². The van der Waals surface area contributed by atoms with E-state index in [0.717, 1.165) is 5.54 Å². The van der Waals surface area contributed by atoms with E-state index in [1.165, 1.54) is 13.8 Å². The van der Waals surface area contributed by atoms with E-state index in [4.69, 9.17) is 23.2 Å². The third-order valence-electron chi connectivity index (χ3n) is 5.03. The number of halogens is 10. The van der Waals surface area contributed by atoms with Gasteiger partial charge in [0.05, 0.1) is 11.5 Å². The zero-order valence-electron chi connectivity index (χ0n) is 15.8. The minimum atomic E-state index is -5.24. The molecule has 1 aliphatic carbocycles. The Kier molecular flexibility index (Phi) is 7.37. The fourth-order valence-corrected chi connectivity index (χ4v) is 3.35. The second-order valence-electron chi connectivity index (χ2n) is 7.39. The molecule has 1 saturated carbocycles. The lowest BCUT2D eigenvalue weighted by molar-refractivity contribution is -0.147. The van der Waals surface area contributed by atoms with Gasteiger partial charge in [-0.3, -0.25) is 4.79 Å². The van der Waals surface area contributed by atoms with Gasteiger partial charge in [0, 0.05) is 22.6 Å². The van der Waals surface area contributed by atoms with Crippen molar-refractivity contribution in [2.24, 2.45) is 17.3 Å². The normalized spacial score (nSPS) is 21.3. The van der Waals surface area contributed by atoms with Crippen LogP contribution >= 0.6 is 23.2 Å². The number of hydrogen-bond donors (Lipinski definition) is 0. The number of benzene rings is 1. The van der Waals surface area contributed by atoms with Gasteiger partial charge in [0.2, 0.25) is 0 Å². The average Bonchev–Trinajstić information content (AvgIpc) is 3.22. The third-order valence-corrected chi connectivity index (χ3v) is 5.65. The van der Waals surface area contributed by atoms with Crippen LogP contribution in [0.5, 0.6) is 0 Å². The van der Waals surface area contributed by atoms with Crippen molar-refractivity contribution in [2.45, 2.75) is 33.1 Å². The molecule has 0 N–H and O–H groups in total. The molecule has 0 saturated heterocycles. The van der Waals surface area contributed by atoms with Gasteiger partial charge in [-0.25, -0.2) is 22.0 Å². The molecular formula is C19H14Cl2F8O2. The predicted molar refractivity (Wildman–Crippen MR) is 95.6 cm³/mol. The van der Waals surface area contributed by atoms with Gasteiger partial charge >= 0.3 is 12.1 Å². The number of alkyl halides is 3. The Bertz CT molecular complexity index is 924. The van der Waals surface area contributed by atoms with Crippen molar-refractivity contribution < 1.29 is 44.7 Å². The third kappa shape index (κ3) is 5.16. The van der Waals surface area contributed by atoms with E-state index in [1.807, 2.05) is 0 Å². The Hall–Kier alpha value is -1.81. The maximum Gasteiger partial charge on any atom is 0.442 e. The zero-order chi connectivity index (χ0) is 23.9. The molecule has 12 heteroatoms. The van der Waals surface area contributed by atoms with Crippen LogP contribution in [0.15, 0.2) is 22.5 Å². The first-order chi connectivity index (χ1) is 14.1. The Morgan fingerprint density at radius 2 is 1.55 bits per heavy atom. The maximum atomic E-state index is 14.2. The van der Waals surface area contributed by atoms with Gasteiger partial charge in [-0.15, -0.1) is 0 Å². The number of allylic oxidation sites excluding steroid dienone is 3. The Morgan fingerprint density at radius 3 is 2.00 bits per heavy atom. The van der Waals surface area contributed by atoms with E-state index < -0.39 is 82.6 Å². The molecule has 0 amide bonds. The van der Waals surface area contributed by atoms with Crippen LogP contribution < -0.4 is 0 Å². The quantitative estimate of drug-likeness (QED) is 0.245. The van der Waals surface area contributed by atoms with Crippen LogP contribution in [0.3, 0.4) is 0 Å². The van der Waals surface area contributed by atoms with Crippen LogP contribution in [-0.4, -0.2) is 12.1 Å². The number of carbonyl (C=O) groups is 1. The summed E-state index contributed by atoms with van der Waals surface area (Å²) in [5, 5.41) is -0.307. The smallest absolute Gasteiger partial charge is 0.442 e. The zero-order valence-corrected chi connectivity index (χ0v) is 17.3. The highest BCUT2D eigenvalue weighted by Crippen LogP contribution is 2.60. The molecule has 2 nitrogen and oxygen atoms in total. The second-order valence-corrected chi connectivity index (χ2v) is 8.09. The molecule has 0 unspecified atom stereocenters. The molecule has 1 aromatic rings. The molecule has 1 aliphatic rings. The van der Waals surface area contributed by atoms with Crippen LogP contribution in [0.25, 0.3) is 0 Å². The van der Waals surface area contributed by atoms with Gasteiger partial charge in [0.1, 0.15) is 6.61 Å². The molecule has 1 fully saturated rings. The van der Waals surface area contributed by atoms with Crippen molar-refractivity contribution in [3.8, 4) is 0 Å². The van der Waals surface area contributed by atoms with Crippen molar-refractivity contribution in [1.29, 1.82) is 0 Å². The van der Waals surface area contributed by atoms with E-state index in [9.17, 15) is 39.9 Å². The summed E-state index contributed by atoms with van der Waals surface area (Å²) < 4.78 is 112. The molecule has 0 bridgehead atoms. The first kappa shape index (κ1) is 25.5. The van der Waals surface area contributed by atoms with E-state index in [1.54, 1.807) is 0 Å². The average molecular weight is 497 g/mol. The summed E-state index contributed by atoms with van der Waals surface area (Å²) in [5.74, 6) is -13.3. The van der Waals surface area contributed by atoms with Crippen LogP contribution in [0.4, 0.5) is 35.1 Å². The van der Waals surface area contributed by atoms with Gasteiger partial charge in [-0.05, 0) is 17.4 Å². The number of hydrogen-bond acceptors (Lipinski definition) is 2. The van der Waals surface area contributed by atoms with Gasteiger partial charge in [0.15, 0.2) is 29.1 Å². The highest BCUT2D eigenvalue weighted by molar-refractivity contribution is 6.36. The minimum absolute atomic E-state index is 0.218. The Balaban J connectivity index is 2.21. The molecule has 0 heterocycles. The summed E-state index contributed by atoms with van der Waals surface area (Å²) in [4.78, 5) is 12.2. The fourth-order valence-electron chi connectivity index (χ4n) is 3.14. The lowest BCUT2D eigenvalue weighted by Crippen LogP contribution is -2.15. The molecule has 0 aliphatic heterocycles. The lowest BCUT2D eigenvalue weighted by atomic mass is 10.1. The molecule has 2 atom stereocenters. The molecule has 1 aromatic carbocycles. The molecule has 0 aromatic heterocycles. The molecule has 2 rings (SSSR count). The highest BCUT2D eigenvalue weighted by Gasteiger charge is 2.62. The van der Waals surface area contributed by atoms with Crippen LogP contribution in [0, 0.1) is 40.5 Å². The van der Waals surface area contributed by atoms with Crippen LogP contribution in [0.2, 0.25) is 0 Å². The summed E-state index contributed by atoms with van der Waals surface area (Å²) in [6, 6.07) is 0. The first-order valence-electron chi connectivity index (χ1n) is 8.54. The van der Waals surface area contributed by atoms with Gasteiger partial charge in [0.25, 0.3) is 0 Å². The van der Waals surface area contributed by atoms with Crippen molar-refractivity contribution in [3.63, 3.8) is 0 Å². The van der Waals surface area contributed by atoms with Gasteiger partial charge < -0.3 is 4.74 Å². The first-order valence-corrected chi connectivity index (χ1v) is 9.35. The Labute approximate surface area is 181 Å². The number of carbonyl (C=O) groups excluding carboxylic acids is 1. The van der Waals surface area contributed by atoms with Gasteiger partial charge in [-0.2, -0.15) is 13.2 Å². The molecule has 0 spiro atoms. The van der Waals surface area contributed by atoms with Crippen molar-refractivity contribution in [1.82, 2.24) is 0 Å². The van der Waals surface area contributed by atoms with E-state index in [0.29, 0.717) is 0 Å². The number of rotatable bonds is 6. The monoisotopic (exact) mass is 496 g/mol. The van der Waals surface area contributed by atoms with E-state index in [2.05, 4.69) is 4.74 Å². The van der Waals surface area contributed by atoms with Crippen LogP contribution in [0.1, 0.15) is 25.0 Å². The molecular weight excluding hydrogens is 483 g/mol. The topological polar surface area (TPSA) is 26.3 Å². The number of ether oxygens (including phenoxy) is 1. The van der Waals surface area contributed by atoms with E-state index >= 15 is 0 Å². The standard InChI is InChI=1S/C19H14Cl2F8O2/c1-18(2)10(4-11(22)19(27,28)29)12(18)17(30)31-6-9-15(25)13(23)8(3-7(21)5-20)14(24)16(9)26/h4-5,10,12H,3,6H2,1-2H3/t10-,12+/m1/s1. The lowest BCUT2D eigenvalue weighted by Gasteiger charge is -2.12. The van der Waals surface area contributed by atoms with Crippen molar-refractivity contribution in [2.75, 3.05) is 0 Å². The van der Waals surface area contributed by atoms with Crippen LogP contribution in [-0.2, 0) is 22.6 Å². The molecule has 31 heavy (non-hydrogen) atoms.